The average Bonchev–Trinajstić information content (AvgIpc) is 2.67. The SMILES string of the molecule is COc1ccc(NC(N)=NCCc2ccc(OC)c(OC(F)F)c2)cc1OC. The Hall–Kier alpha value is -3.23. The zero-order valence-electron chi connectivity index (χ0n) is 15.9. The lowest BCUT2D eigenvalue weighted by Gasteiger charge is -2.12. The third-order valence-electron chi connectivity index (χ3n) is 3.78. The number of aliphatic imine (C=N–C) groups is 1. The van der Waals surface area contributed by atoms with E-state index in [0.717, 1.165) is 5.56 Å². The van der Waals surface area contributed by atoms with Gasteiger partial charge in [-0.1, -0.05) is 6.07 Å². The van der Waals surface area contributed by atoms with Gasteiger partial charge in [0.2, 0.25) is 0 Å². The maximum atomic E-state index is 12.5. The first kappa shape index (κ1) is 21.1. The highest BCUT2D eigenvalue weighted by atomic mass is 19.3. The molecule has 0 fully saturated rings. The molecule has 0 atom stereocenters. The van der Waals surface area contributed by atoms with Crippen molar-refractivity contribution in [3.05, 3.63) is 42.0 Å². The number of methoxy groups -OCH3 is 3. The zero-order chi connectivity index (χ0) is 20.5. The number of nitrogens with one attached hydrogen (secondary N) is 1. The monoisotopic (exact) mass is 395 g/mol. The first-order valence-corrected chi connectivity index (χ1v) is 8.37. The minimum atomic E-state index is -2.93. The molecule has 0 unspecified atom stereocenters. The summed E-state index contributed by atoms with van der Waals surface area (Å²) in [5.41, 5.74) is 7.35. The maximum absolute atomic E-state index is 12.5. The number of rotatable bonds is 9. The number of ether oxygens (including phenoxy) is 4. The van der Waals surface area contributed by atoms with Crippen LogP contribution in [0.25, 0.3) is 0 Å². The van der Waals surface area contributed by atoms with Crippen LogP contribution in [0.3, 0.4) is 0 Å². The van der Waals surface area contributed by atoms with Crippen molar-refractivity contribution in [2.24, 2.45) is 10.7 Å². The number of guanidine groups is 1. The molecule has 9 heteroatoms. The largest absolute Gasteiger partial charge is 0.493 e. The Bertz CT molecular complexity index is 816. The van der Waals surface area contributed by atoms with Crippen LogP contribution in [-0.4, -0.2) is 40.4 Å². The first-order chi connectivity index (χ1) is 13.5. The van der Waals surface area contributed by atoms with Crippen molar-refractivity contribution in [1.29, 1.82) is 0 Å². The molecule has 0 aliphatic rings. The highest BCUT2D eigenvalue weighted by Crippen LogP contribution is 2.30. The minimum absolute atomic E-state index is 0.0181. The van der Waals surface area contributed by atoms with E-state index in [1.807, 2.05) is 0 Å². The Labute approximate surface area is 162 Å². The van der Waals surface area contributed by atoms with E-state index in [1.54, 1.807) is 44.6 Å². The van der Waals surface area contributed by atoms with Crippen LogP contribution in [-0.2, 0) is 6.42 Å². The van der Waals surface area contributed by atoms with E-state index in [0.29, 0.717) is 30.2 Å². The summed E-state index contributed by atoms with van der Waals surface area (Å²) in [6, 6.07) is 10.1. The van der Waals surface area contributed by atoms with Crippen molar-refractivity contribution in [1.82, 2.24) is 0 Å². The topological polar surface area (TPSA) is 87.3 Å². The number of anilines is 1. The normalized spacial score (nSPS) is 11.3. The van der Waals surface area contributed by atoms with E-state index in [2.05, 4.69) is 15.0 Å². The molecule has 0 aliphatic heterocycles. The number of hydrogen-bond acceptors (Lipinski definition) is 5. The van der Waals surface area contributed by atoms with Gasteiger partial charge in [-0.15, -0.1) is 0 Å². The van der Waals surface area contributed by atoms with E-state index in [9.17, 15) is 8.78 Å². The molecule has 0 saturated heterocycles. The van der Waals surface area contributed by atoms with Crippen molar-refractivity contribution in [3.8, 4) is 23.0 Å². The van der Waals surface area contributed by atoms with Crippen molar-refractivity contribution in [3.63, 3.8) is 0 Å². The third-order valence-corrected chi connectivity index (χ3v) is 3.78. The maximum Gasteiger partial charge on any atom is 0.387 e. The summed E-state index contributed by atoms with van der Waals surface area (Å²) in [4.78, 5) is 4.24. The molecule has 7 nitrogen and oxygen atoms in total. The standard InChI is InChI=1S/C19H23F2N3O4/c1-25-14-7-5-13(11-16(14)27-3)24-19(22)23-9-8-12-4-6-15(26-2)17(10-12)28-18(20)21/h4-7,10-11,18H,8-9H2,1-3H3,(H3,22,23,24). The van der Waals surface area contributed by atoms with Crippen LogP contribution in [0, 0.1) is 0 Å². The van der Waals surface area contributed by atoms with Crippen LogP contribution in [0.4, 0.5) is 14.5 Å². The molecule has 152 valence electrons. The second-order valence-electron chi connectivity index (χ2n) is 5.58. The number of nitrogens with two attached hydrogens (primary N) is 1. The van der Waals surface area contributed by atoms with Crippen LogP contribution in [0.5, 0.6) is 23.0 Å². The molecule has 2 aromatic carbocycles. The molecule has 3 N–H and O–H groups in total. The van der Waals surface area contributed by atoms with Gasteiger partial charge in [0, 0.05) is 18.3 Å². The fraction of sp³-hybridized carbons (Fsp3) is 0.316. The van der Waals surface area contributed by atoms with Crippen LogP contribution in [0.2, 0.25) is 0 Å². The molecular weight excluding hydrogens is 372 g/mol. The lowest BCUT2D eigenvalue weighted by molar-refractivity contribution is -0.0512. The summed E-state index contributed by atoms with van der Waals surface area (Å²) in [5, 5.41) is 2.96. The molecule has 28 heavy (non-hydrogen) atoms. The van der Waals surface area contributed by atoms with E-state index in [-0.39, 0.29) is 17.5 Å². The highest BCUT2D eigenvalue weighted by molar-refractivity contribution is 5.92. The second-order valence-corrected chi connectivity index (χ2v) is 5.58. The molecule has 0 aliphatic carbocycles. The van der Waals surface area contributed by atoms with Gasteiger partial charge in [-0.25, -0.2) is 0 Å². The summed E-state index contributed by atoms with van der Waals surface area (Å²) in [5.74, 6) is 1.59. The highest BCUT2D eigenvalue weighted by Gasteiger charge is 2.11. The van der Waals surface area contributed by atoms with Crippen LogP contribution >= 0.6 is 0 Å². The predicted molar refractivity (Wildman–Crippen MR) is 103 cm³/mol. The van der Waals surface area contributed by atoms with Gasteiger partial charge in [0.1, 0.15) is 0 Å². The lowest BCUT2D eigenvalue weighted by atomic mass is 10.1. The van der Waals surface area contributed by atoms with Gasteiger partial charge in [0.15, 0.2) is 29.0 Å². The molecule has 0 aromatic heterocycles. The lowest BCUT2D eigenvalue weighted by Crippen LogP contribution is -2.23. The first-order valence-electron chi connectivity index (χ1n) is 8.37. The Morgan fingerprint density at radius 2 is 1.61 bits per heavy atom. The molecule has 0 heterocycles. The van der Waals surface area contributed by atoms with E-state index < -0.39 is 6.61 Å². The fourth-order valence-corrected chi connectivity index (χ4v) is 2.47. The molecular formula is C19H23F2N3O4. The van der Waals surface area contributed by atoms with E-state index in [1.165, 1.54) is 13.2 Å². The Morgan fingerprint density at radius 3 is 2.25 bits per heavy atom. The minimum Gasteiger partial charge on any atom is -0.493 e. The molecule has 0 bridgehead atoms. The number of benzene rings is 2. The average molecular weight is 395 g/mol. The van der Waals surface area contributed by atoms with Gasteiger partial charge >= 0.3 is 6.61 Å². The van der Waals surface area contributed by atoms with Gasteiger partial charge in [-0.2, -0.15) is 8.78 Å². The molecule has 2 rings (SSSR count). The molecule has 0 radical (unpaired) electrons. The van der Waals surface area contributed by atoms with Crippen LogP contribution in [0.1, 0.15) is 5.56 Å². The summed E-state index contributed by atoms with van der Waals surface area (Å²) < 4.78 is 44.9. The quantitative estimate of drug-likeness (QED) is 0.501. The number of nitrogens with zero attached hydrogens (tertiary/aromatic N) is 1. The van der Waals surface area contributed by atoms with Crippen molar-refractivity contribution in [2.75, 3.05) is 33.2 Å². The Morgan fingerprint density at radius 1 is 0.964 bits per heavy atom. The summed E-state index contributed by atoms with van der Waals surface area (Å²) >= 11 is 0. The smallest absolute Gasteiger partial charge is 0.387 e. The number of alkyl halides is 2. The molecule has 0 saturated carbocycles. The molecule has 2 aromatic rings. The van der Waals surface area contributed by atoms with Crippen molar-refractivity contribution in [2.45, 2.75) is 13.0 Å². The second kappa shape index (κ2) is 10.2. The number of hydrogen-bond donors (Lipinski definition) is 2. The van der Waals surface area contributed by atoms with Crippen molar-refractivity contribution < 1.29 is 27.7 Å². The van der Waals surface area contributed by atoms with Gasteiger partial charge in [-0.05, 0) is 36.2 Å². The van der Waals surface area contributed by atoms with Crippen molar-refractivity contribution >= 4 is 11.6 Å². The summed E-state index contributed by atoms with van der Waals surface area (Å²) in [6.07, 6.45) is 0.484. The molecule has 0 spiro atoms. The Kier molecular flexibility index (Phi) is 7.67. The third kappa shape index (κ3) is 5.90. The predicted octanol–water partition coefficient (Wildman–Crippen LogP) is 3.28. The Balaban J connectivity index is 1.98. The molecule has 0 amide bonds. The number of halogens is 2. The summed E-state index contributed by atoms with van der Waals surface area (Å²) in [6.45, 7) is -2.57. The fourth-order valence-electron chi connectivity index (χ4n) is 2.47. The van der Waals surface area contributed by atoms with Crippen LogP contribution in [0.15, 0.2) is 41.4 Å². The van der Waals surface area contributed by atoms with E-state index in [4.69, 9.17) is 19.9 Å². The van der Waals surface area contributed by atoms with E-state index >= 15 is 0 Å². The zero-order valence-corrected chi connectivity index (χ0v) is 15.9. The van der Waals surface area contributed by atoms with Gasteiger partial charge in [0.25, 0.3) is 0 Å². The van der Waals surface area contributed by atoms with Gasteiger partial charge in [-0.3, -0.25) is 4.99 Å². The van der Waals surface area contributed by atoms with Gasteiger partial charge in [0.05, 0.1) is 21.3 Å². The van der Waals surface area contributed by atoms with Gasteiger partial charge < -0.3 is 30.0 Å². The van der Waals surface area contributed by atoms with Crippen LogP contribution < -0.4 is 30.0 Å². The summed E-state index contributed by atoms with van der Waals surface area (Å²) in [7, 11) is 4.48.